The summed E-state index contributed by atoms with van der Waals surface area (Å²) in [6, 6.07) is 0. The lowest BCUT2D eigenvalue weighted by atomic mass is 9.46. The number of carbonyl (C=O) groups excluding carboxylic acids is 2. The Morgan fingerprint density at radius 1 is 1.33 bits per heavy atom. The van der Waals surface area contributed by atoms with Gasteiger partial charge in [-0.05, 0) is 55.6 Å². The third-order valence-corrected chi connectivity index (χ3v) is 8.65. The summed E-state index contributed by atoms with van der Waals surface area (Å²) < 4.78 is 0. The maximum atomic E-state index is 12.6. The molecule has 0 aromatic carbocycles. The highest BCUT2D eigenvalue weighted by Gasteiger charge is 2.70. The summed E-state index contributed by atoms with van der Waals surface area (Å²) in [5.74, 6) is -0.539. The summed E-state index contributed by atoms with van der Waals surface area (Å²) in [6.07, 6.45) is 7.30. The van der Waals surface area contributed by atoms with E-state index in [-0.39, 0.29) is 34.9 Å². The van der Waals surface area contributed by atoms with Crippen molar-refractivity contribution in [2.24, 2.45) is 34.5 Å². The van der Waals surface area contributed by atoms with Crippen LogP contribution in [0.25, 0.3) is 0 Å². The van der Waals surface area contributed by atoms with E-state index in [0.29, 0.717) is 12.8 Å². The number of rotatable bonds is 2. The molecule has 0 aliphatic heterocycles. The first-order chi connectivity index (χ1) is 12.6. The predicted octanol–water partition coefficient (Wildman–Crippen LogP) is 1.80. The van der Waals surface area contributed by atoms with Gasteiger partial charge in [-0.3, -0.25) is 9.59 Å². The number of fused-ring (bicyclic) bond motifs is 5. The van der Waals surface area contributed by atoms with Gasteiger partial charge in [-0.25, -0.2) is 0 Å². The molecule has 0 bridgehead atoms. The first kappa shape index (κ1) is 19.0. The first-order valence-corrected chi connectivity index (χ1v) is 10.1. The Morgan fingerprint density at radius 3 is 2.70 bits per heavy atom. The molecule has 0 heterocycles. The SMILES string of the molecule is C[C@H]1C[C@H]2[C@@H]3CCC4=CC(=O)C=C[C@]4(C)C3[C@@H](O)C[C@]2(C)[C@@]1(O)C(=O)CO. The molecule has 0 aromatic rings. The molecule has 148 valence electrons. The van der Waals surface area contributed by atoms with Crippen molar-refractivity contribution in [2.75, 3.05) is 6.61 Å². The molecule has 8 atom stereocenters. The smallest absolute Gasteiger partial charge is 0.190 e. The van der Waals surface area contributed by atoms with Crippen molar-refractivity contribution in [3.05, 3.63) is 23.8 Å². The van der Waals surface area contributed by atoms with Gasteiger partial charge in [0.2, 0.25) is 0 Å². The summed E-state index contributed by atoms with van der Waals surface area (Å²) in [6.45, 7) is 5.23. The highest BCUT2D eigenvalue weighted by atomic mass is 16.3. The quantitative estimate of drug-likeness (QED) is 0.685. The fourth-order valence-corrected chi connectivity index (χ4v) is 7.37. The lowest BCUT2D eigenvalue weighted by Gasteiger charge is -2.59. The zero-order valence-corrected chi connectivity index (χ0v) is 16.3. The summed E-state index contributed by atoms with van der Waals surface area (Å²) in [4.78, 5) is 24.4. The highest BCUT2D eigenvalue weighted by molar-refractivity contribution is 6.01. The maximum absolute atomic E-state index is 12.6. The lowest BCUT2D eigenvalue weighted by Crippen LogP contribution is -2.62. The van der Waals surface area contributed by atoms with E-state index in [1.165, 1.54) is 0 Å². The van der Waals surface area contributed by atoms with Gasteiger partial charge in [0.15, 0.2) is 11.6 Å². The van der Waals surface area contributed by atoms with Crippen LogP contribution >= 0.6 is 0 Å². The van der Waals surface area contributed by atoms with E-state index < -0.39 is 29.5 Å². The van der Waals surface area contributed by atoms with Gasteiger partial charge in [0.05, 0.1) is 6.10 Å². The van der Waals surface area contributed by atoms with E-state index in [1.54, 1.807) is 12.2 Å². The number of aliphatic hydroxyl groups excluding tert-OH is 2. The Kier molecular flexibility index (Phi) is 4.12. The first-order valence-electron chi connectivity index (χ1n) is 10.1. The topological polar surface area (TPSA) is 94.8 Å². The number of ketones is 2. The molecule has 0 saturated heterocycles. The highest BCUT2D eigenvalue weighted by Crippen LogP contribution is 2.68. The predicted molar refractivity (Wildman–Crippen MR) is 99.6 cm³/mol. The number of carbonyl (C=O) groups is 2. The molecule has 3 fully saturated rings. The van der Waals surface area contributed by atoms with Crippen molar-refractivity contribution in [3.8, 4) is 0 Å². The summed E-state index contributed by atoms with van der Waals surface area (Å²) in [7, 11) is 0. The van der Waals surface area contributed by atoms with Crippen molar-refractivity contribution >= 4 is 11.6 Å². The van der Waals surface area contributed by atoms with Crippen LogP contribution in [0.1, 0.15) is 46.5 Å². The van der Waals surface area contributed by atoms with E-state index in [9.17, 15) is 24.9 Å². The molecule has 4 rings (SSSR count). The molecular formula is C22H30O5. The maximum Gasteiger partial charge on any atom is 0.190 e. The molecule has 0 aromatic heterocycles. The number of Topliss-reactive ketones (excluding diaryl/α,β-unsaturated/α-hetero) is 1. The molecule has 4 aliphatic carbocycles. The van der Waals surface area contributed by atoms with Crippen LogP contribution in [0, 0.1) is 34.5 Å². The minimum atomic E-state index is -1.60. The van der Waals surface area contributed by atoms with Crippen LogP contribution in [0.3, 0.4) is 0 Å². The fourth-order valence-electron chi connectivity index (χ4n) is 7.37. The Bertz CT molecular complexity index is 754. The molecule has 4 aliphatic rings. The monoisotopic (exact) mass is 374 g/mol. The molecular weight excluding hydrogens is 344 g/mol. The van der Waals surface area contributed by atoms with Crippen LogP contribution in [-0.2, 0) is 9.59 Å². The van der Waals surface area contributed by atoms with E-state index >= 15 is 0 Å². The Hall–Kier alpha value is -1.30. The largest absolute Gasteiger partial charge is 0.393 e. The number of allylic oxidation sites excluding steroid dienone is 4. The minimum absolute atomic E-state index is 0.00784. The number of hydrogen-bond acceptors (Lipinski definition) is 5. The van der Waals surface area contributed by atoms with E-state index in [4.69, 9.17) is 0 Å². The molecule has 5 heteroatoms. The average molecular weight is 374 g/mol. The standard InChI is InChI=1S/C22H30O5/c1-12-8-16-15-5-4-13-9-14(24)6-7-20(13,2)19(15)17(25)10-21(16,3)22(12,27)18(26)11-23/h6-7,9,12,15-17,19,23,25,27H,4-5,8,10-11H2,1-3H3/t12-,15-,16-,17-,19?,20-,21-,22-/m0/s1. The summed E-state index contributed by atoms with van der Waals surface area (Å²) in [5.41, 5.74) is -1.62. The van der Waals surface area contributed by atoms with Crippen LogP contribution in [0.4, 0.5) is 0 Å². The van der Waals surface area contributed by atoms with E-state index in [1.807, 2.05) is 19.9 Å². The molecule has 0 spiro atoms. The molecule has 5 nitrogen and oxygen atoms in total. The second kappa shape index (κ2) is 5.85. The molecule has 27 heavy (non-hydrogen) atoms. The van der Waals surface area contributed by atoms with Crippen molar-refractivity contribution in [1.29, 1.82) is 0 Å². The van der Waals surface area contributed by atoms with E-state index in [2.05, 4.69) is 6.92 Å². The molecule has 3 saturated carbocycles. The van der Waals surface area contributed by atoms with Crippen LogP contribution in [-0.4, -0.2) is 45.2 Å². The Morgan fingerprint density at radius 2 is 2.04 bits per heavy atom. The Labute approximate surface area is 160 Å². The molecule has 0 radical (unpaired) electrons. The normalized spacial score (nSPS) is 51.3. The van der Waals surface area contributed by atoms with E-state index in [0.717, 1.165) is 18.4 Å². The zero-order chi connectivity index (χ0) is 19.8. The molecule has 0 amide bonds. The molecule has 1 unspecified atom stereocenters. The van der Waals surface area contributed by atoms with Gasteiger partial charge >= 0.3 is 0 Å². The van der Waals surface area contributed by atoms with Crippen LogP contribution in [0.5, 0.6) is 0 Å². The number of hydrogen-bond donors (Lipinski definition) is 3. The van der Waals surface area contributed by atoms with Crippen molar-refractivity contribution in [2.45, 2.75) is 58.2 Å². The minimum Gasteiger partial charge on any atom is -0.393 e. The van der Waals surface area contributed by atoms with Crippen molar-refractivity contribution < 1.29 is 24.9 Å². The lowest BCUT2D eigenvalue weighted by molar-refractivity contribution is -0.183. The van der Waals surface area contributed by atoms with Crippen LogP contribution < -0.4 is 0 Å². The summed E-state index contributed by atoms with van der Waals surface area (Å²) in [5, 5.41) is 32.1. The van der Waals surface area contributed by atoms with Gasteiger partial charge in [-0.1, -0.05) is 32.4 Å². The summed E-state index contributed by atoms with van der Waals surface area (Å²) >= 11 is 0. The van der Waals surface area contributed by atoms with Gasteiger partial charge in [-0.15, -0.1) is 0 Å². The number of aliphatic hydroxyl groups is 3. The van der Waals surface area contributed by atoms with Gasteiger partial charge < -0.3 is 15.3 Å². The van der Waals surface area contributed by atoms with Crippen LogP contribution in [0.15, 0.2) is 23.8 Å². The van der Waals surface area contributed by atoms with Crippen molar-refractivity contribution in [3.63, 3.8) is 0 Å². The van der Waals surface area contributed by atoms with Gasteiger partial charge in [0.25, 0.3) is 0 Å². The second-order valence-electron chi connectivity index (χ2n) is 9.70. The Balaban J connectivity index is 1.78. The van der Waals surface area contributed by atoms with Crippen molar-refractivity contribution in [1.82, 2.24) is 0 Å². The van der Waals surface area contributed by atoms with Gasteiger partial charge in [-0.2, -0.15) is 0 Å². The second-order valence-corrected chi connectivity index (χ2v) is 9.70. The van der Waals surface area contributed by atoms with Gasteiger partial charge in [0.1, 0.15) is 12.2 Å². The van der Waals surface area contributed by atoms with Crippen LogP contribution in [0.2, 0.25) is 0 Å². The third kappa shape index (κ3) is 2.22. The third-order valence-electron chi connectivity index (χ3n) is 8.65. The molecule has 3 N–H and O–H groups in total. The zero-order valence-electron chi connectivity index (χ0n) is 16.3. The van der Waals surface area contributed by atoms with Gasteiger partial charge in [0, 0.05) is 16.7 Å². The fraction of sp³-hybridized carbons (Fsp3) is 0.727. The average Bonchev–Trinajstić information content (AvgIpc) is 2.82.